The van der Waals surface area contributed by atoms with Crippen LogP contribution in [0.5, 0.6) is 0 Å². The smallest absolute Gasteiger partial charge is 0.207 e. The molecule has 0 bridgehead atoms. The molecule has 0 saturated heterocycles. The lowest BCUT2D eigenvalue weighted by molar-refractivity contribution is 0.146. The van der Waals surface area contributed by atoms with E-state index in [-0.39, 0.29) is 11.3 Å². The van der Waals surface area contributed by atoms with Crippen molar-refractivity contribution in [2.45, 2.75) is 6.43 Å². The van der Waals surface area contributed by atoms with Crippen molar-refractivity contribution in [2.75, 3.05) is 0 Å². The molecule has 0 atom stereocenters. The molecule has 1 aromatic heterocycles. The average molecular weight is 306 g/mol. The fourth-order valence-corrected chi connectivity index (χ4v) is 2.19. The highest BCUT2D eigenvalue weighted by molar-refractivity contribution is 5.67. The van der Waals surface area contributed by atoms with Gasteiger partial charge in [-0.3, -0.25) is 0 Å². The van der Waals surface area contributed by atoms with Gasteiger partial charge in [0.25, 0.3) is 6.43 Å². The largest absolute Gasteiger partial charge is 0.282 e. The average Bonchev–Trinajstić information content (AvgIpc) is 2.87. The fourth-order valence-electron chi connectivity index (χ4n) is 2.19. The van der Waals surface area contributed by atoms with Crippen molar-refractivity contribution in [2.24, 2.45) is 0 Å². The Labute approximate surface area is 123 Å². The Hall–Kier alpha value is -2.63. The molecule has 0 aliphatic rings. The van der Waals surface area contributed by atoms with Crippen molar-refractivity contribution in [3.05, 3.63) is 72.1 Å². The number of halogens is 4. The van der Waals surface area contributed by atoms with Gasteiger partial charge >= 0.3 is 0 Å². The normalized spacial score (nSPS) is 11.1. The van der Waals surface area contributed by atoms with E-state index in [0.717, 1.165) is 16.8 Å². The summed E-state index contributed by atoms with van der Waals surface area (Å²) >= 11 is 0. The number of alkyl halides is 2. The fraction of sp³-hybridized carbons (Fsp3) is 0.0625. The summed E-state index contributed by atoms with van der Waals surface area (Å²) in [5.74, 6) is -1.42. The Bertz CT molecular complexity index is 780. The second-order valence-electron chi connectivity index (χ2n) is 4.61. The second kappa shape index (κ2) is 5.63. The zero-order chi connectivity index (χ0) is 15.7. The highest BCUT2D eigenvalue weighted by atomic mass is 19.3. The SMILES string of the molecule is Fc1ccc(-n2nc(C(F)F)c(-c3ccccc3)c2F)cc1. The molecule has 3 rings (SSSR count). The van der Waals surface area contributed by atoms with Crippen molar-refractivity contribution in [1.82, 2.24) is 9.78 Å². The van der Waals surface area contributed by atoms with Crippen LogP contribution >= 0.6 is 0 Å². The minimum atomic E-state index is -2.92. The van der Waals surface area contributed by atoms with Crippen LogP contribution in [0, 0.1) is 11.8 Å². The molecule has 0 spiro atoms. The van der Waals surface area contributed by atoms with Gasteiger partial charge in [-0.15, -0.1) is 0 Å². The summed E-state index contributed by atoms with van der Waals surface area (Å²) in [6.45, 7) is 0. The van der Waals surface area contributed by atoms with E-state index in [4.69, 9.17) is 0 Å². The van der Waals surface area contributed by atoms with E-state index in [2.05, 4.69) is 5.10 Å². The first-order chi connectivity index (χ1) is 10.6. The summed E-state index contributed by atoms with van der Waals surface area (Å²) in [5.41, 5.74) is -0.417. The molecule has 0 N–H and O–H groups in total. The molecule has 2 nitrogen and oxygen atoms in total. The van der Waals surface area contributed by atoms with E-state index in [9.17, 15) is 17.6 Å². The number of aromatic nitrogens is 2. The standard InChI is InChI=1S/C16H10F4N2/c17-11-6-8-12(9-7-11)22-16(20)13(14(21-22)15(18)19)10-4-2-1-3-5-10/h1-9,15H. The summed E-state index contributed by atoms with van der Waals surface area (Å²) in [6.07, 6.45) is -2.92. The monoisotopic (exact) mass is 306 g/mol. The van der Waals surface area contributed by atoms with Gasteiger partial charge in [0.15, 0.2) is 0 Å². The number of hydrogen-bond acceptors (Lipinski definition) is 1. The van der Waals surface area contributed by atoms with Crippen LogP contribution in [0.25, 0.3) is 16.8 Å². The van der Waals surface area contributed by atoms with Gasteiger partial charge in [-0.1, -0.05) is 30.3 Å². The maximum atomic E-state index is 14.6. The predicted octanol–water partition coefficient (Wildman–Crippen LogP) is 4.76. The van der Waals surface area contributed by atoms with Crippen LogP contribution in [0.1, 0.15) is 12.1 Å². The minimum absolute atomic E-state index is 0.169. The maximum Gasteiger partial charge on any atom is 0.282 e. The molecule has 0 aliphatic carbocycles. The Morgan fingerprint density at radius 3 is 2.09 bits per heavy atom. The van der Waals surface area contributed by atoms with Crippen molar-refractivity contribution < 1.29 is 17.6 Å². The van der Waals surface area contributed by atoms with Gasteiger partial charge in [-0.2, -0.15) is 9.49 Å². The van der Waals surface area contributed by atoms with Crippen LogP contribution in [0.15, 0.2) is 54.6 Å². The first-order valence-electron chi connectivity index (χ1n) is 6.46. The summed E-state index contributed by atoms with van der Waals surface area (Å²) in [4.78, 5) is 0. The topological polar surface area (TPSA) is 17.8 Å². The third kappa shape index (κ3) is 2.47. The van der Waals surface area contributed by atoms with Gasteiger partial charge in [0.2, 0.25) is 5.95 Å². The molecular formula is C16H10F4N2. The quantitative estimate of drug-likeness (QED) is 0.638. The van der Waals surface area contributed by atoms with Crippen LogP contribution in [-0.2, 0) is 0 Å². The lowest BCUT2D eigenvalue weighted by atomic mass is 10.1. The summed E-state index contributed by atoms with van der Waals surface area (Å²) in [6, 6.07) is 12.8. The van der Waals surface area contributed by atoms with E-state index in [1.54, 1.807) is 18.2 Å². The van der Waals surface area contributed by atoms with Crippen LogP contribution in [0.4, 0.5) is 17.6 Å². The molecule has 0 amide bonds. The number of hydrogen-bond donors (Lipinski definition) is 0. The molecule has 0 unspecified atom stereocenters. The number of rotatable bonds is 3. The van der Waals surface area contributed by atoms with Gasteiger partial charge in [0.1, 0.15) is 11.5 Å². The third-order valence-electron chi connectivity index (χ3n) is 3.20. The molecule has 22 heavy (non-hydrogen) atoms. The van der Waals surface area contributed by atoms with Crippen molar-refractivity contribution in [3.63, 3.8) is 0 Å². The zero-order valence-electron chi connectivity index (χ0n) is 11.2. The van der Waals surface area contributed by atoms with E-state index in [0.29, 0.717) is 5.56 Å². The summed E-state index contributed by atoms with van der Waals surface area (Å²) < 4.78 is 54.7. The molecule has 112 valence electrons. The Morgan fingerprint density at radius 2 is 1.50 bits per heavy atom. The van der Waals surface area contributed by atoms with Crippen LogP contribution in [-0.4, -0.2) is 9.78 Å². The minimum Gasteiger partial charge on any atom is -0.207 e. The van der Waals surface area contributed by atoms with Gasteiger partial charge in [0, 0.05) is 0 Å². The Kier molecular flexibility index (Phi) is 3.66. The molecule has 0 saturated carbocycles. The number of nitrogens with zero attached hydrogens (tertiary/aromatic N) is 2. The van der Waals surface area contributed by atoms with Gasteiger partial charge in [-0.05, 0) is 29.8 Å². The van der Waals surface area contributed by atoms with E-state index in [1.807, 2.05) is 0 Å². The van der Waals surface area contributed by atoms with Crippen molar-refractivity contribution >= 4 is 0 Å². The number of benzene rings is 2. The van der Waals surface area contributed by atoms with E-state index < -0.39 is 23.9 Å². The Morgan fingerprint density at radius 1 is 0.864 bits per heavy atom. The van der Waals surface area contributed by atoms with Crippen LogP contribution in [0.2, 0.25) is 0 Å². The van der Waals surface area contributed by atoms with Crippen LogP contribution < -0.4 is 0 Å². The molecule has 2 aromatic carbocycles. The maximum absolute atomic E-state index is 14.6. The zero-order valence-corrected chi connectivity index (χ0v) is 11.2. The van der Waals surface area contributed by atoms with Crippen molar-refractivity contribution in [1.29, 1.82) is 0 Å². The summed E-state index contributed by atoms with van der Waals surface area (Å²) in [7, 11) is 0. The van der Waals surface area contributed by atoms with Crippen LogP contribution in [0.3, 0.4) is 0 Å². The lowest BCUT2D eigenvalue weighted by Crippen LogP contribution is -2.00. The van der Waals surface area contributed by atoms with E-state index in [1.165, 1.54) is 24.3 Å². The molecule has 1 heterocycles. The molecule has 0 radical (unpaired) electrons. The molecule has 6 heteroatoms. The predicted molar refractivity (Wildman–Crippen MR) is 73.9 cm³/mol. The first-order valence-corrected chi connectivity index (χ1v) is 6.46. The first kappa shape index (κ1) is 14.3. The van der Waals surface area contributed by atoms with Gasteiger partial charge in [-0.25, -0.2) is 17.9 Å². The van der Waals surface area contributed by atoms with Gasteiger partial charge in [0.05, 0.1) is 11.3 Å². The summed E-state index contributed by atoms with van der Waals surface area (Å²) in [5, 5.41) is 3.65. The van der Waals surface area contributed by atoms with E-state index >= 15 is 0 Å². The Balaban J connectivity index is 2.20. The van der Waals surface area contributed by atoms with Crippen molar-refractivity contribution in [3.8, 4) is 16.8 Å². The third-order valence-corrected chi connectivity index (χ3v) is 3.20. The molecule has 3 aromatic rings. The molecule has 0 fully saturated rings. The highest BCUT2D eigenvalue weighted by Crippen LogP contribution is 2.33. The van der Waals surface area contributed by atoms with Gasteiger partial charge < -0.3 is 0 Å². The highest BCUT2D eigenvalue weighted by Gasteiger charge is 2.26. The molecular weight excluding hydrogens is 296 g/mol. The molecule has 0 aliphatic heterocycles. The second-order valence-corrected chi connectivity index (χ2v) is 4.61. The lowest BCUT2D eigenvalue weighted by Gasteiger charge is -2.02.